The van der Waals surface area contributed by atoms with Crippen LogP contribution in [0.5, 0.6) is 0 Å². The molecule has 4 aliphatic rings. The van der Waals surface area contributed by atoms with E-state index in [0.717, 1.165) is 5.57 Å². The molecule has 0 heterocycles. The van der Waals surface area contributed by atoms with Gasteiger partial charge in [0.05, 0.1) is 6.10 Å². The molecule has 0 aromatic carbocycles. The van der Waals surface area contributed by atoms with Gasteiger partial charge in [0.1, 0.15) is 11.3 Å². The first kappa shape index (κ1) is 21.6. The maximum atomic E-state index is 16.9. The van der Waals surface area contributed by atoms with Crippen molar-refractivity contribution in [1.82, 2.24) is 0 Å². The number of hydrogen-bond acceptors (Lipinski definition) is 6. The van der Waals surface area contributed by atoms with Crippen LogP contribution in [0.2, 0.25) is 0 Å². The number of carbonyl (C=O) groups is 3. The standard InChI is InChI=1S/C23H31FO6/c1-13(25)30-12-19(28)22(29)9-7-16-17-5-4-14-10-15(26)6-8-20(14,2)23(17,24)18(27)11-21(16,22)3/h10,16-18,27,29H,4-9,11-12H2,1-3H3/t16-,17-,18-,20+,21-,22-,23-/m1/s1. The predicted molar refractivity (Wildman–Crippen MR) is 105 cm³/mol. The second-order valence-corrected chi connectivity index (χ2v) is 10.2. The van der Waals surface area contributed by atoms with Crippen LogP contribution in [0, 0.1) is 22.7 Å². The molecule has 0 aromatic heterocycles. The number of Topliss-reactive ketones (excluding diaryl/α,β-unsaturated/α-hetero) is 1. The number of hydrogen-bond donors (Lipinski definition) is 2. The van der Waals surface area contributed by atoms with E-state index in [1.807, 2.05) is 6.92 Å². The normalized spacial score (nSPS) is 47.6. The summed E-state index contributed by atoms with van der Waals surface area (Å²) in [6, 6.07) is 0. The lowest BCUT2D eigenvalue weighted by Gasteiger charge is -2.63. The molecule has 166 valence electrons. The van der Waals surface area contributed by atoms with Crippen LogP contribution in [0.25, 0.3) is 0 Å². The van der Waals surface area contributed by atoms with E-state index in [1.165, 1.54) is 6.92 Å². The van der Waals surface area contributed by atoms with Crippen LogP contribution in [-0.4, -0.2) is 51.7 Å². The van der Waals surface area contributed by atoms with E-state index in [0.29, 0.717) is 25.7 Å². The molecule has 6 nitrogen and oxygen atoms in total. The van der Waals surface area contributed by atoms with Crippen molar-refractivity contribution >= 4 is 17.5 Å². The molecule has 0 aromatic rings. The quantitative estimate of drug-likeness (QED) is 0.678. The highest BCUT2D eigenvalue weighted by Gasteiger charge is 2.74. The fraction of sp³-hybridized carbons (Fsp3) is 0.783. The number of aliphatic hydroxyl groups is 2. The molecule has 0 aliphatic heterocycles. The van der Waals surface area contributed by atoms with Crippen molar-refractivity contribution < 1.29 is 33.7 Å². The first-order valence-corrected chi connectivity index (χ1v) is 10.9. The van der Waals surface area contributed by atoms with Crippen molar-refractivity contribution in [3.8, 4) is 0 Å². The highest BCUT2D eigenvalue weighted by atomic mass is 19.1. The van der Waals surface area contributed by atoms with Gasteiger partial charge in [0, 0.05) is 30.1 Å². The number of fused-ring (bicyclic) bond motifs is 5. The van der Waals surface area contributed by atoms with Crippen molar-refractivity contribution in [2.75, 3.05) is 6.61 Å². The first-order chi connectivity index (χ1) is 13.9. The number of aliphatic hydroxyl groups excluding tert-OH is 1. The van der Waals surface area contributed by atoms with Crippen LogP contribution < -0.4 is 0 Å². The Hall–Kier alpha value is -1.60. The number of rotatable bonds is 3. The molecular weight excluding hydrogens is 391 g/mol. The maximum Gasteiger partial charge on any atom is 0.303 e. The monoisotopic (exact) mass is 422 g/mol. The molecule has 0 spiro atoms. The Morgan fingerprint density at radius 3 is 2.57 bits per heavy atom. The van der Waals surface area contributed by atoms with E-state index in [2.05, 4.69) is 0 Å². The Bertz CT molecular complexity index is 838. The zero-order valence-corrected chi connectivity index (χ0v) is 17.9. The number of halogens is 1. The fourth-order valence-electron chi connectivity index (χ4n) is 7.32. The third-order valence-electron chi connectivity index (χ3n) is 9.06. The van der Waals surface area contributed by atoms with E-state index in [4.69, 9.17) is 4.74 Å². The second-order valence-electron chi connectivity index (χ2n) is 10.2. The van der Waals surface area contributed by atoms with Crippen molar-refractivity contribution in [1.29, 1.82) is 0 Å². The first-order valence-electron chi connectivity index (χ1n) is 10.9. The van der Waals surface area contributed by atoms with Gasteiger partial charge >= 0.3 is 5.97 Å². The van der Waals surface area contributed by atoms with E-state index < -0.39 is 52.5 Å². The Labute approximate surface area is 175 Å². The number of alkyl halides is 1. The third-order valence-corrected chi connectivity index (χ3v) is 9.06. The number of ketones is 2. The minimum absolute atomic E-state index is 0.00553. The van der Waals surface area contributed by atoms with Crippen LogP contribution in [0.4, 0.5) is 4.39 Å². The van der Waals surface area contributed by atoms with Gasteiger partial charge in [0.15, 0.2) is 12.4 Å². The van der Waals surface area contributed by atoms with Crippen molar-refractivity contribution in [3.05, 3.63) is 11.6 Å². The second kappa shape index (κ2) is 6.70. The van der Waals surface area contributed by atoms with Gasteiger partial charge in [0.25, 0.3) is 0 Å². The Morgan fingerprint density at radius 2 is 1.90 bits per heavy atom. The summed E-state index contributed by atoms with van der Waals surface area (Å²) >= 11 is 0. The molecule has 30 heavy (non-hydrogen) atoms. The number of ether oxygens (including phenoxy) is 1. The number of allylic oxidation sites excluding steroid dienone is 1. The van der Waals surface area contributed by atoms with Gasteiger partial charge in [0.2, 0.25) is 5.78 Å². The Balaban J connectivity index is 1.71. The molecule has 4 rings (SSSR count). The molecule has 2 N–H and O–H groups in total. The van der Waals surface area contributed by atoms with Crippen molar-refractivity contribution in [2.24, 2.45) is 22.7 Å². The Morgan fingerprint density at radius 1 is 1.20 bits per heavy atom. The summed E-state index contributed by atoms with van der Waals surface area (Å²) in [7, 11) is 0. The maximum absolute atomic E-state index is 16.9. The van der Waals surface area contributed by atoms with Crippen LogP contribution >= 0.6 is 0 Å². The summed E-state index contributed by atoms with van der Waals surface area (Å²) in [6.07, 6.45) is 2.45. The smallest absolute Gasteiger partial charge is 0.303 e. The zero-order chi connectivity index (χ0) is 22.1. The third kappa shape index (κ3) is 2.57. The van der Waals surface area contributed by atoms with Gasteiger partial charge in [-0.2, -0.15) is 0 Å². The van der Waals surface area contributed by atoms with Crippen LogP contribution in [-0.2, 0) is 19.1 Å². The highest BCUT2D eigenvalue weighted by Crippen LogP contribution is 2.70. The van der Waals surface area contributed by atoms with E-state index in [1.54, 1.807) is 13.0 Å². The molecule has 4 aliphatic carbocycles. The van der Waals surface area contributed by atoms with Gasteiger partial charge in [-0.05, 0) is 50.5 Å². The topological polar surface area (TPSA) is 101 Å². The molecule has 0 unspecified atom stereocenters. The summed E-state index contributed by atoms with van der Waals surface area (Å²) in [5.41, 5.74) is -4.83. The molecule has 0 amide bonds. The molecule has 3 saturated carbocycles. The van der Waals surface area contributed by atoms with E-state index >= 15 is 4.39 Å². The molecule has 3 fully saturated rings. The SMILES string of the molecule is CC(=O)OCC(=O)[C@]1(O)CC[C@@H]2[C@H]3CCC4=CC(=O)CC[C@]4(C)[C@]3(F)[C@H](O)C[C@]21C. The molecule has 0 bridgehead atoms. The van der Waals surface area contributed by atoms with Crippen molar-refractivity contribution in [3.63, 3.8) is 0 Å². The summed E-state index contributed by atoms with van der Waals surface area (Å²) in [4.78, 5) is 35.9. The zero-order valence-electron chi connectivity index (χ0n) is 17.9. The summed E-state index contributed by atoms with van der Waals surface area (Å²) in [5, 5.41) is 22.6. The summed E-state index contributed by atoms with van der Waals surface area (Å²) in [6.45, 7) is 4.25. The fourth-order valence-corrected chi connectivity index (χ4v) is 7.32. The predicted octanol–water partition coefficient (Wildman–Crippen LogP) is 2.44. The average molecular weight is 422 g/mol. The van der Waals surface area contributed by atoms with Crippen molar-refractivity contribution in [2.45, 2.75) is 83.1 Å². The largest absolute Gasteiger partial charge is 0.458 e. The molecule has 0 saturated heterocycles. The lowest BCUT2D eigenvalue weighted by atomic mass is 9.44. The van der Waals surface area contributed by atoms with Gasteiger partial charge in [-0.1, -0.05) is 19.4 Å². The minimum Gasteiger partial charge on any atom is -0.458 e. The van der Waals surface area contributed by atoms with E-state index in [-0.39, 0.29) is 31.0 Å². The van der Waals surface area contributed by atoms with E-state index in [9.17, 15) is 24.6 Å². The highest BCUT2D eigenvalue weighted by molar-refractivity contribution is 5.92. The molecule has 0 radical (unpaired) electrons. The average Bonchev–Trinajstić information content (AvgIpc) is 2.94. The van der Waals surface area contributed by atoms with Crippen LogP contribution in [0.15, 0.2) is 11.6 Å². The lowest BCUT2D eigenvalue weighted by Crippen LogP contribution is -2.69. The van der Waals surface area contributed by atoms with Gasteiger partial charge in [-0.3, -0.25) is 14.4 Å². The number of esters is 1. The lowest BCUT2D eigenvalue weighted by molar-refractivity contribution is -0.227. The molecule has 7 heteroatoms. The van der Waals surface area contributed by atoms with Gasteiger partial charge < -0.3 is 14.9 Å². The Kier molecular flexibility index (Phi) is 4.83. The minimum atomic E-state index is -1.91. The van der Waals surface area contributed by atoms with Gasteiger partial charge in [-0.25, -0.2) is 4.39 Å². The molecular formula is C23H31FO6. The summed E-state index contributed by atoms with van der Waals surface area (Å²) in [5.74, 6) is -1.99. The number of carbonyl (C=O) groups excluding carboxylic acids is 3. The van der Waals surface area contributed by atoms with Gasteiger partial charge in [-0.15, -0.1) is 0 Å². The summed E-state index contributed by atoms with van der Waals surface area (Å²) < 4.78 is 21.8. The van der Waals surface area contributed by atoms with Crippen LogP contribution in [0.3, 0.4) is 0 Å². The van der Waals surface area contributed by atoms with Crippen LogP contribution in [0.1, 0.15) is 65.7 Å². The molecule has 7 atom stereocenters.